The largest absolute Gasteiger partial charge is 0.384 e. The lowest BCUT2D eigenvalue weighted by atomic mass is 10.1. The third-order valence-corrected chi connectivity index (χ3v) is 2.95. The van der Waals surface area contributed by atoms with Crippen LogP contribution in [-0.2, 0) is 6.42 Å². The molecule has 0 fully saturated rings. The molecule has 0 bridgehead atoms. The zero-order valence-electron chi connectivity index (χ0n) is 9.52. The maximum Gasteiger partial charge on any atom is 0.179 e. The van der Waals surface area contributed by atoms with Crippen LogP contribution in [0.2, 0.25) is 5.02 Å². The average Bonchev–Trinajstić information content (AvgIpc) is 2.73. The Kier molecular flexibility index (Phi) is 2.64. The maximum absolute atomic E-state index is 5.85. The summed E-state index contributed by atoms with van der Waals surface area (Å²) in [5.41, 5.74) is 8.32. The molecule has 3 aromatic rings. The van der Waals surface area contributed by atoms with Crippen LogP contribution in [0.1, 0.15) is 11.4 Å². The van der Waals surface area contributed by atoms with Crippen LogP contribution in [0.4, 0.5) is 5.82 Å². The lowest BCUT2D eigenvalue weighted by Crippen LogP contribution is -1.90. The maximum atomic E-state index is 5.85. The number of aromatic nitrogens is 3. The van der Waals surface area contributed by atoms with Gasteiger partial charge in [-0.1, -0.05) is 23.7 Å². The predicted octanol–water partition coefficient (Wildman–Crippen LogP) is 2.78. The van der Waals surface area contributed by atoms with E-state index in [0.29, 0.717) is 17.9 Å². The number of halogens is 1. The number of pyridine rings is 1. The van der Waals surface area contributed by atoms with Gasteiger partial charge in [-0.25, -0.2) is 9.97 Å². The Balaban J connectivity index is 1.92. The van der Waals surface area contributed by atoms with Crippen molar-refractivity contribution in [2.24, 2.45) is 0 Å². The number of nitrogen functional groups attached to an aromatic ring is 1. The Morgan fingerprint density at radius 1 is 1.06 bits per heavy atom. The van der Waals surface area contributed by atoms with Gasteiger partial charge in [0.25, 0.3) is 0 Å². The summed E-state index contributed by atoms with van der Waals surface area (Å²) < 4.78 is 0. The fraction of sp³-hybridized carbons (Fsp3) is 0.0769. The van der Waals surface area contributed by atoms with E-state index in [9.17, 15) is 0 Å². The number of fused-ring (bicyclic) bond motifs is 1. The molecular formula is C13H11ClN4. The fourth-order valence-electron chi connectivity index (χ4n) is 1.84. The Bertz CT molecular complexity index is 688. The summed E-state index contributed by atoms with van der Waals surface area (Å²) in [6.07, 6.45) is 0.716. The van der Waals surface area contributed by atoms with Crippen LogP contribution in [0.25, 0.3) is 11.2 Å². The highest BCUT2D eigenvalue weighted by molar-refractivity contribution is 6.30. The van der Waals surface area contributed by atoms with Gasteiger partial charge in [0.1, 0.15) is 11.6 Å². The van der Waals surface area contributed by atoms with Gasteiger partial charge in [0.2, 0.25) is 0 Å². The number of hydrogen-bond acceptors (Lipinski definition) is 3. The van der Waals surface area contributed by atoms with Gasteiger partial charge in [-0.2, -0.15) is 0 Å². The molecule has 2 aromatic heterocycles. The minimum atomic E-state index is 0.479. The first kappa shape index (κ1) is 11.0. The van der Waals surface area contributed by atoms with Gasteiger partial charge < -0.3 is 10.7 Å². The standard InChI is InChI=1S/C13H11ClN4/c14-9-3-1-8(2-4-9)7-12-16-10-5-6-11(15)17-13(10)18-12/h1-6H,7H2,(H3,15,16,17,18). The van der Waals surface area contributed by atoms with E-state index in [0.717, 1.165) is 21.9 Å². The average molecular weight is 259 g/mol. The van der Waals surface area contributed by atoms with Gasteiger partial charge in [-0.3, -0.25) is 0 Å². The third kappa shape index (κ3) is 2.15. The number of hydrogen-bond donors (Lipinski definition) is 2. The van der Waals surface area contributed by atoms with E-state index in [2.05, 4.69) is 15.0 Å². The molecule has 3 rings (SSSR count). The number of nitrogens with two attached hydrogens (primary N) is 1. The number of nitrogens with one attached hydrogen (secondary N) is 1. The minimum Gasteiger partial charge on any atom is -0.384 e. The van der Waals surface area contributed by atoms with E-state index in [1.807, 2.05) is 30.3 Å². The minimum absolute atomic E-state index is 0.479. The lowest BCUT2D eigenvalue weighted by molar-refractivity contribution is 1.03. The van der Waals surface area contributed by atoms with Crippen molar-refractivity contribution >= 4 is 28.6 Å². The second-order valence-corrected chi connectivity index (χ2v) is 4.53. The molecule has 2 heterocycles. The van der Waals surface area contributed by atoms with Crippen molar-refractivity contribution in [2.45, 2.75) is 6.42 Å². The summed E-state index contributed by atoms with van der Waals surface area (Å²) in [6.45, 7) is 0. The normalized spacial score (nSPS) is 10.9. The van der Waals surface area contributed by atoms with E-state index in [1.54, 1.807) is 6.07 Å². The van der Waals surface area contributed by atoms with Crippen LogP contribution in [0.15, 0.2) is 36.4 Å². The van der Waals surface area contributed by atoms with Crippen molar-refractivity contribution in [3.05, 3.63) is 52.8 Å². The number of nitrogens with zero attached hydrogens (tertiary/aromatic N) is 2. The van der Waals surface area contributed by atoms with E-state index < -0.39 is 0 Å². The third-order valence-electron chi connectivity index (χ3n) is 2.70. The highest BCUT2D eigenvalue weighted by atomic mass is 35.5. The fourth-order valence-corrected chi connectivity index (χ4v) is 1.96. The van der Waals surface area contributed by atoms with E-state index >= 15 is 0 Å². The van der Waals surface area contributed by atoms with Crippen LogP contribution in [0, 0.1) is 0 Å². The zero-order valence-corrected chi connectivity index (χ0v) is 10.3. The van der Waals surface area contributed by atoms with E-state index in [1.165, 1.54) is 0 Å². The molecule has 1 aromatic carbocycles. The Labute approximate surface area is 109 Å². The van der Waals surface area contributed by atoms with Crippen molar-refractivity contribution in [1.82, 2.24) is 15.0 Å². The van der Waals surface area contributed by atoms with Gasteiger partial charge in [-0.15, -0.1) is 0 Å². The molecule has 0 radical (unpaired) electrons. The second-order valence-electron chi connectivity index (χ2n) is 4.09. The second kappa shape index (κ2) is 4.31. The topological polar surface area (TPSA) is 67.6 Å². The predicted molar refractivity (Wildman–Crippen MR) is 72.6 cm³/mol. The lowest BCUT2D eigenvalue weighted by Gasteiger charge is -1.97. The van der Waals surface area contributed by atoms with Crippen LogP contribution < -0.4 is 5.73 Å². The molecule has 0 amide bonds. The number of imidazole rings is 1. The van der Waals surface area contributed by atoms with Crippen molar-refractivity contribution in [2.75, 3.05) is 5.73 Å². The number of H-pyrrole nitrogens is 1. The summed E-state index contributed by atoms with van der Waals surface area (Å²) in [7, 11) is 0. The molecule has 18 heavy (non-hydrogen) atoms. The smallest absolute Gasteiger partial charge is 0.179 e. The summed E-state index contributed by atoms with van der Waals surface area (Å²) in [6, 6.07) is 11.3. The molecule has 0 aliphatic carbocycles. The van der Waals surface area contributed by atoms with Crippen molar-refractivity contribution in [3.8, 4) is 0 Å². The molecule has 0 spiro atoms. The summed E-state index contributed by atoms with van der Waals surface area (Å²) in [5.74, 6) is 1.34. The number of benzene rings is 1. The molecule has 0 aliphatic heterocycles. The SMILES string of the molecule is Nc1ccc2[nH]c(Cc3ccc(Cl)cc3)nc2n1. The molecule has 0 saturated carbocycles. The molecule has 0 unspecified atom stereocenters. The molecule has 4 nitrogen and oxygen atoms in total. The highest BCUT2D eigenvalue weighted by Crippen LogP contribution is 2.15. The first-order chi connectivity index (χ1) is 8.70. The molecule has 0 atom stereocenters. The van der Waals surface area contributed by atoms with Crippen LogP contribution in [0.3, 0.4) is 0 Å². The molecule has 90 valence electrons. The Morgan fingerprint density at radius 3 is 2.61 bits per heavy atom. The number of anilines is 1. The molecule has 3 N–H and O–H groups in total. The number of aromatic amines is 1. The first-order valence-electron chi connectivity index (χ1n) is 5.56. The monoisotopic (exact) mass is 258 g/mol. The molecule has 0 aliphatic rings. The molecule has 0 saturated heterocycles. The summed E-state index contributed by atoms with van der Waals surface area (Å²) in [4.78, 5) is 11.8. The quantitative estimate of drug-likeness (QED) is 0.743. The van der Waals surface area contributed by atoms with Gasteiger partial charge >= 0.3 is 0 Å². The molecular weight excluding hydrogens is 248 g/mol. The zero-order chi connectivity index (χ0) is 12.5. The van der Waals surface area contributed by atoms with E-state index in [4.69, 9.17) is 17.3 Å². The van der Waals surface area contributed by atoms with Gasteiger partial charge in [0.05, 0.1) is 5.52 Å². The Morgan fingerprint density at radius 2 is 1.83 bits per heavy atom. The van der Waals surface area contributed by atoms with Gasteiger partial charge in [-0.05, 0) is 29.8 Å². The summed E-state index contributed by atoms with van der Waals surface area (Å²) in [5, 5.41) is 0.734. The van der Waals surface area contributed by atoms with Crippen LogP contribution >= 0.6 is 11.6 Å². The molecule has 5 heteroatoms. The van der Waals surface area contributed by atoms with Crippen molar-refractivity contribution < 1.29 is 0 Å². The van der Waals surface area contributed by atoms with E-state index in [-0.39, 0.29) is 0 Å². The van der Waals surface area contributed by atoms with Crippen molar-refractivity contribution in [3.63, 3.8) is 0 Å². The van der Waals surface area contributed by atoms with Crippen LogP contribution in [-0.4, -0.2) is 15.0 Å². The van der Waals surface area contributed by atoms with Gasteiger partial charge in [0, 0.05) is 11.4 Å². The van der Waals surface area contributed by atoms with Crippen molar-refractivity contribution in [1.29, 1.82) is 0 Å². The van der Waals surface area contributed by atoms with Crippen LogP contribution in [0.5, 0.6) is 0 Å². The van der Waals surface area contributed by atoms with Gasteiger partial charge in [0.15, 0.2) is 5.65 Å². The number of rotatable bonds is 2. The highest BCUT2D eigenvalue weighted by Gasteiger charge is 2.05. The first-order valence-corrected chi connectivity index (χ1v) is 5.94. The Hall–Kier alpha value is -2.07. The summed E-state index contributed by atoms with van der Waals surface area (Å²) >= 11 is 5.85.